The van der Waals surface area contributed by atoms with Gasteiger partial charge in [0.15, 0.2) is 0 Å². The quantitative estimate of drug-likeness (QED) is 0.604. The monoisotopic (exact) mass is 155 g/mol. The highest BCUT2D eigenvalue weighted by Crippen LogP contribution is 2.16. The smallest absolute Gasteiger partial charge is 0.148 e. The SMILES string of the molecule is CON(C)c1ccccc1F. The number of nitrogens with zero attached hydrogens (tertiary/aromatic N) is 1. The fourth-order valence-corrected chi connectivity index (χ4v) is 0.805. The zero-order chi connectivity index (χ0) is 8.27. The fourth-order valence-electron chi connectivity index (χ4n) is 0.805. The van der Waals surface area contributed by atoms with Crippen LogP contribution in [0.3, 0.4) is 0 Å². The third-order valence-electron chi connectivity index (χ3n) is 1.47. The van der Waals surface area contributed by atoms with Crippen LogP contribution in [0, 0.1) is 5.82 Å². The molecule has 0 aliphatic carbocycles. The van der Waals surface area contributed by atoms with E-state index in [0.717, 1.165) is 0 Å². The van der Waals surface area contributed by atoms with Crippen LogP contribution in [-0.4, -0.2) is 14.2 Å². The van der Waals surface area contributed by atoms with Gasteiger partial charge < -0.3 is 0 Å². The summed E-state index contributed by atoms with van der Waals surface area (Å²) in [6.45, 7) is 0. The number of para-hydroxylation sites is 1. The van der Waals surface area contributed by atoms with Gasteiger partial charge in [0.05, 0.1) is 12.8 Å². The molecule has 0 radical (unpaired) electrons. The molecule has 60 valence electrons. The molecule has 0 unspecified atom stereocenters. The first-order valence-electron chi connectivity index (χ1n) is 3.28. The van der Waals surface area contributed by atoms with Crippen LogP contribution in [0.25, 0.3) is 0 Å². The van der Waals surface area contributed by atoms with Crippen LogP contribution in [0.1, 0.15) is 0 Å². The van der Waals surface area contributed by atoms with Crippen LogP contribution < -0.4 is 5.06 Å². The van der Waals surface area contributed by atoms with Gasteiger partial charge in [0.1, 0.15) is 5.82 Å². The van der Waals surface area contributed by atoms with Crippen molar-refractivity contribution in [3.8, 4) is 0 Å². The van der Waals surface area contributed by atoms with Crippen LogP contribution in [0.4, 0.5) is 10.1 Å². The molecule has 0 aliphatic rings. The maximum absolute atomic E-state index is 12.9. The van der Waals surface area contributed by atoms with Gasteiger partial charge in [-0.3, -0.25) is 9.90 Å². The zero-order valence-electron chi connectivity index (χ0n) is 6.54. The summed E-state index contributed by atoms with van der Waals surface area (Å²) in [5, 5.41) is 1.37. The third kappa shape index (κ3) is 1.68. The van der Waals surface area contributed by atoms with E-state index in [1.54, 1.807) is 25.2 Å². The summed E-state index contributed by atoms with van der Waals surface area (Å²) < 4.78 is 12.9. The molecule has 1 rings (SSSR count). The Kier molecular flexibility index (Phi) is 2.44. The van der Waals surface area contributed by atoms with Gasteiger partial charge in [-0.25, -0.2) is 4.39 Å². The van der Waals surface area contributed by atoms with Gasteiger partial charge in [-0.1, -0.05) is 12.1 Å². The minimum absolute atomic E-state index is 0.281. The van der Waals surface area contributed by atoms with Gasteiger partial charge in [0.2, 0.25) is 0 Å². The molecule has 0 atom stereocenters. The van der Waals surface area contributed by atoms with Crippen molar-refractivity contribution in [3.63, 3.8) is 0 Å². The Bertz CT molecular complexity index is 239. The molecule has 2 nitrogen and oxygen atoms in total. The third-order valence-corrected chi connectivity index (χ3v) is 1.47. The first-order chi connectivity index (χ1) is 5.25. The molecule has 0 N–H and O–H groups in total. The Morgan fingerprint density at radius 2 is 2.00 bits per heavy atom. The highest BCUT2D eigenvalue weighted by Gasteiger charge is 2.03. The predicted octanol–water partition coefficient (Wildman–Crippen LogP) is 1.82. The molecule has 11 heavy (non-hydrogen) atoms. The molecule has 0 saturated heterocycles. The average molecular weight is 155 g/mol. The van der Waals surface area contributed by atoms with E-state index in [4.69, 9.17) is 4.84 Å². The van der Waals surface area contributed by atoms with Gasteiger partial charge in [-0.2, -0.15) is 0 Å². The Morgan fingerprint density at radius 3 is 2.55 bits per heavy atom. The van der Waals surface area contributed by atoms with E-state index in [1.807, 2.05) is 0 Å². The molecule has 0 saturated carbocycles. The first kappa shape index (κ1) is 8.01. The summed E-state index contributed by atoms with van der Waals surface area (Å²) >= 11 is 0. The second kappa shape index (κ2) is 3.34. The number of hydrogen-bond donors (Lipinski definition) is 0. The number of benzene rings is 1. The van der Waals surface area contributed by atoms with E-state index in [-0.39, 0.29) is 5.82 Å². The topological polar surface area (TPSA) is 12.5 Å². The lowest BCUT2D eigenvalue weighted by Crippen LogP contribution is -2.15. The molecule has 0 heterocycles. The van der Waals surface area contributed by atoms with Gasteiger partial charge in [0.25, 0.3) is 0 Å². The van der Waals surface area contributed by atoms with E-state index in [1.165, 1.54) is 18.2 Å². The van der Waals surface area contributed by atoms with Crippen molar-refractivity contribution in [1.29, 1.82) is 0 Å². The van der Waals surface area contributed by atoms with E-state index in [2.05, 4.69) is 0 Å². The highest BCUT2D eigenvalue weighted by atomic mass is 19.1. The number of hydroxylamine groups is 1. The van der Waals surface area contributed by atoms with Gasteiger partial charge in [-0.15, -0.1) is 0 Å². The molecule has 0 spiro atoms. The molecule has 0 amide bonds. The van der Waals surface area contributed by atoms with Crippen molar-refractivity contribution in [3.05, 3.63) is 30.1 Å². The molecule has 0 bridgehead atoms. The van der Waals surface area contributed by atoms with E-state index < -0.39 is 0 Å². The van der Waals surface area contributed by atoms with Gasteiger partial charge in [-0.05, 0) is 12.1 Å². The predicted molar refractivity (Wildman–Crippen MR) is 41.8 cm³/mol. The van der Waals surface area contributed by atoms with E-state index in [9.17, 15) is 4.39 Å². The molecule has 0 aromatic heterocycles. The largest absolute Gasteiger partial charge is 0.277 e. The van der Waals surface area contributed by atoms with Crippen LogP contribution in [0.15, 0.2) is 24.3 Å². The standard InChI is InChI=1S/C8H10FNO/c1-10(11-2)8-6-4-3-5-7(8)9/h3-6H,1-2H3. The van der Waals surface area contributed by atoms with Crippen LogP contribution in [0.5, 0.6) is 0 Å². The van der Waals surface area contributed by atoms with Crippen molar-refractivity contribution in [2.45, 2.75) is 0 Å². The van der Waals surface area contributed by atoms with Crippen molar-refractivity contribution in [2.75, 3.05) is 19.2 Å². The molecule has 0 fully saturated rings. The summed E-state index contributed by atoms with van der Waals surface area (Å²) in [5.41, 5.74) is 0.440. The minimum Gasteiger partial charge on any atom is -0.277 e. The van der Waals surface area contributed by atoms with Gasteiger partial charge >= 0.3 is 0 Å². The Balaban J connectivity index is 2.93. The molecule has 3 heteroatoms. The number of rotatable bonds is 2. The lowest BCUT2D eigenvalue weighted by atomic mass is 10.3. The van der Waals surface area contributed by atoms with Crippen molar-refractivity contribution < 1.29 is 9.23 Å². The first-order valence-corrected chi connectivity index (χ1v) is 3.28. The zero-order valence-corrected chi connectivity index (χ0v) is 6.54. The maximum atomic E-state index is 12.9. The molecular formula is C8H10FNO. The Morgan fingerprint density at radius 1 is 1.36 bits per heavy atom. The Labute approximate surface area is 65.2 Å². The minimum atomic E-state index is -0.281. The fraction of sp³-hybridized carbons (Fsp3) is 0.250. The highest BCUT2D eigenvalue weighted by molar-refractivity contribution is 5.44. The molecule has 1 aromatic carbocycles. The van der Waals surface area contributed by atoms with Crippen molar-refractivity contribution in [2.24, 2.45) is 0 Å². The van der Waals surface area contributed by atoms with Crippen molar-refractivity contribution >= 4 is 5.69 Å². The normalized spacial score (nSPS) is 9.73. The average Bonchev–Trinajstić information content (AvgIpc) is 2.04. The number of halogens is 1. The summed E-state index contributed by atoms with van der Waals surface area (Å²) in [6, 6.07) is 6.44. The van der Waals surface area contributed by atoms with Crippen LogP contribution in [0.2, 0.25) is 0 Å². The summed E-state index contributed by atoms with van der Waals surface area (Å²) in [7, 11) is 3.14. The van der Waals surface area contributed by atoms with Crippen LogP contribution >= 0.6 is 0 Å². The van der Waals surface area contributed by atoms with E-state index >= 15 is 0 Å². The second-order valence-electron chi connectivity index (χ2n) is 2.13. The van der Waals surface area contributed by atoms with Crippen LogP contribution in [-0.2, 0) is 4.84 Å². The maximum Gasteiger partial charge on any atom is 0.148 e. The molecule has 0 aliphatic heterocycles. The number of anilines is 1. The Hall–Kier alpha value is -1.09. The van der Waals surface area contributed by atoms with Gasteiger partial charge in [0, 0.05) is 7.05 Å². The van der Waals surface area contributed by atoms with Crippen molar-refractivity contribution in [1.82, 2.24) is 0 Å². The second-order valence-corrected chi connectivity index (χ2v) is 2.13. The lowest BCUT2D eigenvalue weighted by molar-refractivity contribution is 0.182. The summed E-state index contributed by atoms with van der Waals surface area (Å²) in [6.07, 6.45) is 0. The number of hydrogen-bond acceptors (Lipinski definition) is 2. The van der Waals surface area contributed by atoms with E-state index in [0.29, 0.717) is 5.69 Å². The lowest BCUT2D eigenvalue weighted by Gasteiger charge is -2.15. The molecular weight excluding hydrogens is 145 g/mol. The summed E-state index contributed by atoms with van der Waals surface area (Å²) in [5.74, 6) is -0.281. The summed E-state index contributed by atoms with van der Waals surface area (Å²) in [4.78, 5) is 4.81. The molecule has 1 aromatic rings.